The molecule has 0 saturated heterocycles. The Morgan fingerprint density at radius 3 is 2.29 bits per heavy atom. The van der Waals surface area contributed by atoms with Crippen molar-refractivity contribution in [3.8, 4) is 5.75 Å². The van der Waals surface area contributed by atoms with Gasteiger partial charge in [0, 0.05) is 11.3 Å². The van der Waals surface area contributed by atoms with E-state index in [0.29, 0.717) is 12.4 Å². The van der Waals surface area contributed by atoms with Crippen LogP contribution in [0.2, 0.25) is 0 Å². The van der Waals surface area contributed by atoms with Gasteiger partial charge in [0.15, 0.2) is 0 Å². The molecule has 4 N–H and O–H groups in total. The van der Waals surface area contributed by atoms with E-state index in [0.717, 1.165) is 0 Å². The van der Waals surface area contributed by atoms with Gasteiger partial charge >= 0.3 is 6.09 Å². The molecule has 0 fully saturated rings. The fourth-order valence-corrected chi connectivity index (χ4v) is 3.33. The minimum atomic E-state index is -3.96. The lowest BCUT2D eigenvalue weighted by atomic mass is 10.2. The van der Waals surface area contributed by atoms with Gasteiger partial charge in [-0.1, -0.05) is 0 Å². The van der Waals surface area contributed by atoms with E-state index in [1.807, 2.05) is 0 Å². The van der Waals surface area contributed by atoms with Crippen molar-refractivity contribution >= 4 is 33.4 Å². The van der Waals surface area contributed by atoms with Crippen LogP contribution in [0.3, 0.4) is 0 Å². The van der Waals surface area contributed by atoms with Gasteiger partial charge in [0.05, 0.1) is 23.8 Å². The van der Waals surface area contributed by atoms with E-state index < -0.39 is 22.0 Å². The van der Waals surface area contributed by atoms with Crippen LogP contribution < -0.4 is 20.5 Å². The topological polar surface area (TPSA) is 137 Å². The van der Waals surface area contributed by atoms with Crippen molar-refractivity contribution in [2.45, 2.75) is 18.7 Å². The third kappa shape index (κ3) is 5.36. The molecule has 0 radical (unpaired) electrons. The number of nitrogens with two attached hydrogens (primary N) is 1. The highest BCUT2D eigenvalue weighted by molar-refractivity contribution is 7.92. The molecule has 150 valence electrons. The Bertz CT molecular complexity index is 958. The van der Waals surface area contributed by atoms with E-state index >= 15 is 0 Å². The Balaban J connectivity index is 2.30. The van der Waals surface area contributed by atoms with E-state index in [2.05, 4.69) is 10.0 Å². The average molecular weight is 407 g/mol. The molecular weight excluding hydrogens is 386 g/mol. The van der Waals surface area contributed by atoms with Gasteiger partial charge < -0.3 is 15.2 Å². The number of carbonyl (C=O) groups is 2. The number of nitrogens with one attached hydrogen (secondary N) is 2. The summed E-state index contributed by atoms with van der Waals surface area (Å²) in [6.07, 6.45) is -0.729. The van der Waals surface area contributed by atoms with Crippen molar-refractivity contribution in [3.63, 3.8) is 0 Å². The molecule has 2 aromatic carbocycles. The first-order chi connectivity index (χ1) is 13.3. The molecule has 0 aliphatic rings. The number of ether oxygens (including phenoxy) is 2. The van der Waals surface area contributed by atoms with Crippen LogP contribution in [-0.2, 0) is 14.8 Å². The first-order valence-electron chi connectivity index (χ1n) is 8.40. The third-order valence-corrected chi connectivity index (χ3v) is 4.87. The first kappa shape index (κ1) is 21.0. The Morgan fingerprint density at radius 2 is 1.71 bits per heavy atom. The predicted octanol–water partition coefficient (Wildman–Crippen LogP) is 2.55. The van der Waals surface area contributed by atoms with Crippen LogP contribution in [0.4, 0.5) is 16.2 Å². The van der Waals surface area contributed by atoms with Crippen molar-refractivity contribution < 1.29 is 27.5 Å². The van der Waals surface area contributed by atoms with Gasteiger partial charge in [-0.2, -0.15) is 0 Å². The van der Waals surface area contributed by atoms with Gasteiger partial charge in [0.1, 0.15) is 5.75 Å². The van der Waals surface area contributed by atoms with Crippen LogP contribution >= 0.6 is 0 Å². The maximum absolute atomic E-state index is 12.7. The van der Waals surface area contributed by atoms with Gasteiger partial charge in [-0.15, -0.1) is 0 Å². The molecule has 0 heterocycles. The van der Waals surface area contributed by atoms with Gasteiger partial charge in [-0.05, 0) is 56.3 Å². The van der Waals surface area contributed by atoms with Crippen LogP contribution in [0.5, 0.6) is 5.75 Å². The van der Waals surface area contributed by atoms with Gasteiger partial charge in [0.2, 0.25) is 5.91 Å². The quantitative estimate of drug-likeness (QED) is 0.615. The molecule has 2 rings (SSSR count). The number of anilines is 2. The zero-order valence-corrected chi connectivity index (χ0v) is 16.2. The van der Waals surface area contributed by atoms with Crippen molar-refractivity contribution in [1.82, 2.24) is 0 Å². The van der Waals surface area contributed by atoms with Gasteiger partial charge in [-0.25, -0.2) is 13.2 Å². The number of rotatable bonds is 8. The van der Waals surface area contributed by atoms with E-state index in [4.69, 9.17) is 15.2 Å². The summed E-state index contributed by atoms with van der Waals surface area (Å²) in [5, 5.41) is 2.46. The summed E-state index contributed by atoms with van der Waals surface area (Å²) in [6, 6.07) is 9.71. The Hall–Kier alpha value is -3.27. The average Bonchev–Trinajstić information content (AvgIpc) is 2.63. The van der Waals surface area contributed by atoms with E-state index in [1.54, 1.807) is 13.8 Å². The molecule has 0 aliphatic carbocycles. The monoisotopic (exact) mass is 407 g/mol. The largest absolute Gasteiger partial charge is 0.492 e. The summed E-state index contributed by atoms with van der Waals surface area (Å²) in [5.74, 6) is -0.309. The highest BCUT2D eigenvalue weighted by Crippen LogP contribution is 2.29. The van der Waals surface area contributed by atoms with Crippen LogP contribution in [-0.4, -0.2) is 33.6 Å². The lowest BCUT2D eigenvalue weighted by Crippen LogP contribution is -2.17. The lowest BCUT2D eigenvalue weighted by molar-refractivity contribution is 0.1000. The predicted molar refractivity (Wildman–Crippen MR) is 104 cm³/mol. The third-order valence-electron chi connectivity index (χ3n) is 3.49. The van der Waals surface area contributed by atoms with Crippen molar-refractivity contribution in [2.75, 3.05) is 23.3 Å². The second-order valence-corrected chi connectivity index (χ2v) is 7.17. The molecular formula is C18H21N3O6S. The highest BCUT2D eigenvalue weighted by atomic mass is 32.2. The second kappa shape index (κ2) is 9.09. The van der Waals surface area contributed by atoms with Crippen molar-refractivity contribution in [2.24, 2.45) is 5.73 Å². The molecule has 0 aromatic heterocycles. The molecule has 10 heteroatoms. The number of carbonyl (C=O) groups excluding carboxylic acids is 2. The molecule has 0 saturated carbocycles. The molecule has 0 spiro atoms. The smallest absolute Gasteiger partial charge is 0.411 e. The number of benzene rings is 2. The first-order valence-corrected chi connectivity index (χ1v) is 9.88. The molecule has 2 amide bonds. The summed E-state index contributed by atoms with van der Waals surface area (Å²) in [7, 11) is -3.96. The number of sulfonamides is 1. The number of hydrogen-bond donors (Lipinski definition) is 3. The minimum Gasteiger partial charge on any atom is -0.492 e. The molecule has 2 aromatic rings. The normalized spacial score (nSPS) is 10.8. The van der Waals surface area contributed by atoms with E-state index in [1.165, 1.54) is 42.5 Å². The van der Waals surface area contributed by atoms with Crippen LogP contribution in [0.25, 0.3) is 0 Å². The molecule has 9 nitrogen and oxygen atoms in total. The summed E-state index contributed by atoms with van der Waals surface area (Å²) < 4.78 is 38.0. The van der Waals surface area contributed by atoms with Crippen molar-refractivity contribution in [3.05, 3.63) is 48.0 Å². The zero-order valence-electron chi connectivity index (χ0n) is 15.4. The summed E-state index contributed by atoms with van der Waals surface area (Å²) in [4.78, 5) is 22.7. The number of amides is 2. The minimum absolute atomic E-state index is 0.0956. The zero-order chi connectivity index (χ0) is 20.7. The van der Waals surface area contributed by atoms with Crippen molar-refractivity contribution in [1.29, 1.82) is 0 Å². The SMILES string of the molecule is CCOC(=O)Nc1cc(S(=O)(=O)Nc2ccc(C(N)=O)cc2)ccc1OCC. The number of primary amides is 1. The molecule has 0 atom stereocenters. The van der Waals surface area contributed by atoms with Crippen LogP contribution in [0.15, 0.2) is 47.4 Å². The Labute approximate surface area is 162 Å². The molecule has 0 unspecified atom stereocenters. The summed E-state index contributed by atoms with van der Waals surface area (Å²) in [6.45, 7) is 3.90. The molecule has 0 aliphatic heterocycles. The van der Waals surface area contributed by atoms with Crippen LogP contribution in [0.1, 0.15) is 24.2 Å². The number of hydrogen-bond acceptors (Lipinski definition) is 6. The van der Waals surface area contributed by atoms with E-state index in [9.17, 15) is 18.0 Å². The Morgan fingerprint density at radius 1 is 1.04 bits per heavy atom. The van der Waals surface area contributed by atoms with Gasteiger partial charge in [-0.3, -0.25) is 14.8 Å². The maximum Gasteiger partial charge on any atom is 0.411 e. The molecule has 28 heavy (non-hydrogen) atoms. The maximum atomic E-state index is 12.7. The Kier molecular flexibility index (Phi) is 6.83. The standard InChI is InChI=1S/C18H21N3O6S/c1-3-26-16-10-9-14(11-15(16)20-18(23)27-4-2)28(24,25)21-13-7-5-12(6-8-13)17(19)22/h5-11,21H,3-4H2,1-2H3,(H2,19,22)(H,20,23). The fourth-order valence-electron chi connectivity index (χ4n) is 2.25. The molecule has 0 bridgehead atoms. The summed E-state index contributed by atoms with van der Waals surface area (Å²) in [5.41, 5.74) is 5.83. The van der Waals surface area contributed by atoms with E-state index in [-0.39, 0.29) is 28.4 Å². The fraction of sp³-hybridized carbons (Fsp3) is 0.222. The van der Waals surface area contributed by atoms with Crippen LogP contribution in [0, 0.1) is 0 Å². The second-order valence-electron chi connectivity index (χ2n) is 5.48. The highest BCUT2D eigenvalue weighted by Gasteiger charge is 2.18. The summed E-state index contributed by atoms with van der Waals surface area (Å²) >= 11 is 0. The van der Waals surface area contributed by atoms with Gasteiger partial charge in [0.25, 0.3) is 10.0 Å². The lowest BCUT2D eigenvalue weighted by Gasteiger charge is -2.14.